The molecule has 1 aromatic heterocycles. The van der Waals surface area contributed by atoms with Crippen molar-refractivity contribution in [3.05, 3.63) is 28.1 Å². The number of aromatic nitrogens is 2. The van der Waals surface area contributed by atoms with Gasteiger partial charge in [0.2, 0.25) is 5.28 Å². The first-order chi connectivity index (χ1) is 11.3. The Labute approximate surface area is 154 Å². The third kappa shape index (κ3) is 4.09. The molecule has 0 saturated heterocycles. The first kappa shape index (κ1) is 18.8. The third-order valence-corrected chi connectivity index (χ3v) is 5.36. The first-order valence-corrected chi connectivity index (χ1v) is 10.7. The quantitative estimate of drug-likeness (QED) is 0.416. The Hall–Kier alpha value is -1.56. The van der Waals surface area contributed by atoms with E-state index in [-0.39, 0.29) is 5.28 Å². The fourth-order valence-corrected chi connectivity index (χ4v) is 3.98. The summed E-state index contributed by atoms with van der Waals surface area (Å²) in [7, 11) is -2.68. The van der Waals surface area contributed by atoms with Crippen LogP contribution in [0.1, 0.15) is 6.92 Å². The van der Waals surface area contributed by atoms with Crippen LogP contribution in [-0.4, -0.2) is 36.2 Å². The lowest BCUT2D eigenvalue weighted by Crippen LogP contribution is -2.12. The monoisotopic (exact) mass is 427 g/mol. The fraction of sp³-hybridized carbons (Fsp3) is 0.200. The second kappa shape index (κ2) is 7.55. The second-order valence-electron chi connectivity index (χ2n) is 5.19. The Balaban J connectivity index is 2.70. The van der Waals surface area contributed by atoms with Crippen molar-refractivity contribution in [2.75, 3.05) is 18.6 Å². The maximum atomic E-state index is 12.9. The summed E-state index contributed by atoms with van der Waals surface area (Å²) in [6.07, 6.45) is 3.17. The third-order valence-electron chi connectivity index (χ3n) is 3.06. The SMILES string of the molecule is C=Nc1ccc(Nc2nc(Cl)ncc2Br)c(P(C)(C)=O)c1/N=C\C. The number of hydrogen-bond donors (Lipinski definition) is 1. The molecule has 0 fully saturated rings. The van der Waals surface area contributed by atoms with E-state index in [9.17, 15) is 4.57 Å². The van der Waals surface area contributed by atoms with E-state index in [0.717, 1.165) is 0 Å². The first-order valence-electron chi connectivity index (χ1n) is 6.91. The summed E-state index contributed by atoms with van der Waals surface area (Å²) in [4.78, 5) is 16.4. The summed E-state index contributed by atoms with van der Waals surface area (Å²) in [5, 5.41) is 3.83. The van der Waals surface area contributed by atoms with E-state index >= 15 is 0 Å². The van der Waals surface area contributed by atoms with Crippen LogP contribution in [0.4, 0.5) is 22.9 Å². The van der Waals surface area contributed by atoms with E-state index < -0.39 is 7.14 Å². The normalized spacial score (nSPS) is 11.7. The van der Waals surface area contributed by atoms with E-state index in [0.29, 0.717) is 32.7 Å². The molecule has 0 spiro atoms. The predicted molar refractivity (Wildman–Crippen MR) is 107 cm³/mol. The van der Waals surface area contributed by atoms with Gasteiger partial charge in [-0.2, -0.15) is 4.98 Å². The molecule has 24 heavy (non-hydrogen) atoms. The highest BCUT2D eigenvalue weighted by molar-refractivity contribution is 9.10. The van der Waals surface area contributed by atoms with Gasteiger partial charge in [-0.05, 0) is 66.6 Å². The van der Waals surface area contributed by atoms with Crippen molar-refractivity contribution in [1.29, 1.82) is 0 Å². The van der Waals surface area contributed by atoms with Crippen molar-refractivity contribution in [2.24, 2.45) is 9.98 Å². The lowest BCUT2D eigenvalue weighted by atomic mass is 10.2. The zero-order valence-electron chi connectivity index (χ0n) is 13.4. The van der Waals surface area contributed by atoms with E-state index in [1.54, 1.807) is 44.8 Å². The Morgan fingerprint density at radius 1 is 1.42 bits per heavy atom. The Bertz CT molecular complexity index is 865. The van der Waals surface area contributed by atoms with Crippen LogP contribution in [-0.2, 0) is 4.57 Å². The minimum Gasteiger partial charge on any atom is -0.338 e. The highest BCUT2D eigenvalue weighted by atomic mass is 79.9. The van der Waals surface area contributed by atoms with Crippen LogP contribution in [0.15, 0.2) is 32.8 Å². The maximum absolute atomic E-state index is 12.9. The highest BCUT2D eigenvalue weighted by Crippen LogP contribution is 2.46. The van der Waals surface area contributed by atoms with Gasteiger partial charge in [-0.15, -0.1) is 0 Å². The van der Waals surface area contributed by atoms with Gasteiger partial charge in [0.25, 0.3) is 0 Å². The van der Waals surface area contributed by atoms with Gasteiger partial charge in [-0.1, -0.05) is 0 Å². The van der Waals surface area contributed by atoms with Crippen molar-refractivity contribution in [3.8, 4) is 0 Å². The number of nitrogens with zero attached hydrogens (tertiary/aromatic N) is 4. The van der Waals surface area contributed by atoms with Crippen molar-refractivity contribution in [2.45, 2.75) is 6.92 Å². The number of anilines is 2. The molecule has 0 bridgehead atoms. The lowest BCUT2D eigenvalue weighted by Gasteiger charge is -2.19. The van der Waals surface area contributed by atoms with Gasteiger partial charge in [0, 0.05) is 12.4 Å². The number of halogens is 2. The molecule has 0 aliphatic rings. The zero-order chi connectivity index (χ0) is 17.9. The largest absolute Gasteiger partial charge is 0.338 e. The minimum atomic E-state index is -2.68. The minimum absolute atomic E-state index is 0.106. The number of benzene rings is 1. The molecule has 2 aromatic rings. The maximum Gasteiger partial charge on any atom is 0.224 e. The van der Waals surface area contributed by atoms with E-state index in [4.69, 9.17) is 11.6 Å². The van der Waals surface area contributed by atoms with Crippen molar-refractivity contribution in [3.63, 3.8) is 0 Å². The van der Waals surface area contributed by atoms with Crippen molar-refractivity contribution < 1.29 is 4.57 Å². The van der Waals surface area contributed by atoms with Gasteiger partial charge in [0.15, 0.2) is 0 Å². The summed E-state index contributed by atoms with van der Waals surface area (Å²) < 4.78 is 13.5. The molecular formula is C15H16BrClN5OP. The summed E-state index contributed by atoms with van der Waals surface area (Å²) in [5.41, 5.74) is 1.71. The smallest absolute Gasteiger partial charge is 0.224 e. The van der Waals surface area contributed by atoms with Gasteiger partial charge in [-0.3, -0.25) is 9.98 Å². The van der Waals surface area contributed by atoms with Crippen LogP contribution in [0.2, 0.25) is 5.28 Å². The Kier molecular flexibility index (Phi) is 5.91. The standard InChI is InChI=1S/C15H16BrClN5OP/c1-5-19-12-10(18-2)6-7-11(13(12)24(3,4)23)21-14-9(16)8-20-15(17)22-14/h5-8H,2H2,1,3-4H3,(H,20,21,22)/b19-5-. The molecule has 2 rings (SSSR count). The molecule has 1 heterocycles. The van der Waals surface area contributed by atoms with Gasteiger partial charge in [0.05, 0.1) is 21.2 Å². The molecule has 126 valence electrons. The average molecular weight is 429 g/mol. The van der Waals surface area contributed by atoms with Crippen molar-refractivity contribution in [1.82, 2.24) is 9.97 Å². The molecular weight excluding hydrogens is 413 g/mol. The molecule has 6 nitrogen and oxygen atoms in total. The van der Waals surface area contributed by atoms with Gasteiger partial charge in [0.1, 0.15) is 18.6 Å². The van der Waals surface area contributed by atoms with Crippen LogP contribution >= 0.6 is 34.7 Å². The van der Waals surface area contributed by atoms with E-state index in [1.807, 2.05) is 0 Å². The van der Waals surface area contributed by atoms with E-state index in [1.165, 1.54) is 0 Å². The van der Waals surface area contributed by atoms with E-state index in [2.05, 4.69) is 47.9 Å². The molecule has 0 unspecified atom stereocenters. The molecule has 0 aliphatic heterocycles. The fourth-order valence-electron chi connectivity index (χ4n) is 2.16. The van der Waals surface area contributed by atoms with Crippen molar-refractivity contribution >= 4 is 75.8 Å². The highest BCUT2D eigenvalue weighted by Gasteiger charge is 2.24. The summed E-state index contributed by atoms with van der Waals surface area (Å²) >= 11 is 9.22. The van der Waals surface area contributed by atoms with Gasteiger partial charge < -0.3 is 9.88 Å². The van der Waals surface area contributed by atoms with Gasteiger partial charge in [-0.25, -0.2) is 4.98 Å². The van der Waals surface area contributed by atoms with Crippen LogP contribution in [0.3, 0.4) is 0 Å². The van der Waals surface area contributed by atoms with Crippen LogP contribution in [0, 0.1) is 0 Å². The second-order valence-corrected chi connectivity index (χ2v) is 9.53. The molecule has 0 saturated carbocycles. The molecule has 0 amide bonds. The molecule has 9 heteroatoms. The van der Waals surface area contributed by atoms with Crippen LogP contribution in [0.25, 0.3) is 0 Å². The van der Waals surface area contributed by atoms with Gasteiger partial charge >= 0.3 is 0 Å². The number of rotatable bonds is 5. The zero-order valence-corrected chi connectivity index (χ0v) is 16.7. The summed E-state index contributed by atoms with van der Waals surface area (Å²) in [6.45, 7) is 8.70. The number of aliphatic imine (C=N–C) groups is 2. The molecule has 1 aromatic carbocycles. The molecule has 0 radical (unpaired) electrons. The number of nitrogens with one attached hydrogen (secondary N) is 1. The predicted octanol–water partition coefficient (Wildman–Crippen LogP) is 4.94. The topological polar surface area (TPSA) is 79.6 Å². The molecule has 0 aliphatic carbocycles. The molecule has 1 N–H and O–H groups in total. The summed E-state index contributed by atoms with van der Waals surface area (Å²) in [5.74, 6) is 0.468. The number of hydrogen-bond acceptors (Lipinski definition) is 6. The van der Waals surface area contributed by atoms with Crippen LogP contribution < -0.4 is 10.6 Å². The Morgan fingerprint density at radius 2 is 2.12 bits per heavy atom. The lowest BCUT2D eigenvalue weighted by molar-refractivity contribution is 0.588. The Morgan fingerprint density at radius 3 is 2.71 bits per heavy atom. The average Bonchev–Trinajstić information content (AvgIpc) is 2.50. The molecule has 0 atom stereocenters. The summed E-state index contributed by atoms with van der Waals surface area (Å²) in [6, 6.07) is 3.53. The van der Waals surface area contributed by atoms with Crippen LogP contribution in [0.5, 0.6) is 0 Å².